The van der Waals surface area contributed by atoms with Crippen LogP contribution >= 0.6 is 22.9 Å². The summed E-state index contributed by atoms with van der Waals surface area (Å²) in [5.74, 6) is 0.363. The van der Waals surface area contributed by atoms with Gasteiger partial charge in [0.05, 0.1) is 31.4 Å². The molecule has 3 aromatic rings. The Morgan fingerprint density at radius 1 is 1.20 bits per heavy atom. The van der Waals surface area contributed by atoms with E-state index in [4.69, 9.17) is 25.8 Å². The third kappa shape index (κ3) is 5.31. The van der Waals surface area contributed by atoms with Gasteiger partial charge in [-0.3, -0.25) is 4.79 Å². The Bertz CT molecular complexity index is 1040. The monoisotopic (exact) mass is 449 g/mol. The van der Waals surface area contributed by atoms with Crippen molar-refractivity contribution >= 4 is 39.1 Å². The molecule has 0 saturated carbocycles. The van der Waals surface area contributed by atoms with E-state index in [1.54, 1.807) is 25.6 Å². The fourth-order valence-electron chi connectivity index (χ4n) is 3.24. The predicted molar refractivity (Wildman–Crippen MR) is 117 cm³/mol. The van der Waals surface area contributed by atoms with Crippen LogP contribution in [0.1, 0.15) is 34.7 Å². The molecule has 3 rings (SSSR count). The maximum absolute atomic E-state index is 12.8. The number of aryl methyl sites for hydroxylation is 1. The molecule has 0 fully saturated rings. The van der Waals surface area contributed by atoms with Gasteiger partial charge in [0.1, 0.15) is 21.2 Å². The van der Waals surface area contributed by atoms with Gasteiger partial charge in [0.25, 0.3) is 0 Å². The molecule has 0 saturated heterocycles. The first-order valence-electron chi connectivity index (χ1n) is 9.48. The van der Waals surface area contributed by atoms with Crippen molar-refractivity contribution in [3.05, 3.63) is 45.2 Å². The topological polar surface area (TPSA) is 83.4 Å². The average Bonchev–Trinajstić information content (AvgIpc) is 3.08. The number of aromatic nitrogens is 3. The minimum atomic E-state index is -0.243. The molecule has 0 aliphatic heterocycles. The zero-order valence-corrected chi connectivity index (χ0v) is 19.0. The normalized spacial score (nSPS) is 12.3. The molecule has 9 heteroatoms. The van der Waals surface area contributed by atoms with Gasteiger partial charge in [-0.1, -0.05) is 22.9 Å². The van der Waals surface area contributed by atoms with Gasteiger partial charge in [0.15, 0.2) is 0 Å². The molecular weight excluding hydrogens is 426 g/mol. The highest BCUT2D eigenvalue weighted by molar-refractivity contribution is 7.18. The lowest BCUT2D eigenvalue weighted by molar-refractivity contribution is -0.117. The number of ether oxygens (including phenoxy) is 3. The number of rotatable bonds is 10. The first kappa shape index (κ1) is 22.6. The molecule has 3 aromatic heterocycles. The summed E-state index contributed by atoms with van der Waals surface area (Å²) < 4.78 is 16.1. The highest BCUT2D eigenvalue weighted by atomic mass is 35.5. The van der Waals surface area contributed by atoms with Gasteiger partial charge in [0.2, 0.25) is 5.88 Å². The van der Waals surface area contributed by atoms with Crippen molar-refractivity contribution in [2.45, 2.75) is 32.8 Å². The second-order valence-corrected chi connectivity index (χ2v) is 8.41. The summed E-state index contributed by atoms with van der Waals surface area (Å²) in [6.45, 7) is 4.85. The number of carbonyl (C=O) groups is 1. The van der Waals surface area contributed by atoms with E-state index in [0.29, 0.717) is 24.1 Å². The summed E-state index contributed by atoms with van der Waals surface area (Å²) in [7, 11) is 3.13. The zero-order chi connectivity index (χ0) is 21.7. The van der Waals surface area contributed by atoms with Gasteiger partial charge >= 0.3 is 0 Å². The maximum Gasteiger partial charge on any atom is 0.232 e. The summed E-state index contributed by atoms with van der Waals surface area (Å²) in [6.07, 6.45) is 3.54. The van der Waals surface area contributed by atoms with E-state index in [2.05, 4.69) is 15.0 Å². The fourth-order valence-corrected chi connectivity index (χ4v) is 4.28. The van der Waals surface area contributed by atoms with Gasteiger partial charge in [0, 0.05) is 37.9 Å². The van der Waals surface area contributed by atoms with Gasteiger partial charge < -0.3 is 14.2 Å². The highest BCUT2D eigenvalue weighted by Gasteiger charge is 2.21. The molecule has 0 amide bonds. The summed E-state index contributed by atoms with van der Waals surface area (Å²) in [6, 6.07) is 1.70. The van der Waals surface area contributed by atoms with Crippen molar-refractivity contribution in [2.75, 3.05) is 27.4 Å². The van der Waals surface area contributed by atoms with Crippen LogP contribution in [0.4, 0.5) is 0 Å². The van der Waals surface area contributed by atoms with Crippen LogP contribution in [-0.4, -0.2) is 48.2 Å². The zero-order valence-electron chi connectivity index (χ0n) is 17.4. The van der Waals surface area contributed by atoms with Crippen LogP contribution in [0, 0.1) is 6.92 Å². The summed E-state index contributed by atoms with van der Waals surface area (Å²) >= 11 is 7.65. The smallest absolute Gasteiger partial charge is 0.232 e. The molecule has 30 heavy (non-hydrogen) atoms. The number of pyridine rings is 2. The molecule has 7 nitrogen and oxygen atoms in total. The molecule has 0 radical (unpaired) electrons. The Labute approximate surface area is 184 Å². The predicted octanol–water partition coefficient (Wildman–Crippen LogP) is 4.14. The summed E-state index contributed by atoms with van der Waals surface area (Å²) in [5.41, 5.74) is 3.24. The lowest BCUT2D eigenvalue weighted by Gasteiger charge is -2.17. The molecule has 3 heterocycles. The number of ketones is 1. The van der Waals surface area contributed by atoms with E-state index in [-0.39, 0.29) is 24.7 Å². The third-order valence-corrected chi connectivity index (χ3v) is 5.71. The molecule has 1 unspecified atom stereocenters. The van der Waals surface area contributed by atoms with Crippen LogP contribution in [0.5, 0.6) is 5.88 Å². The second-order valence-electron chi connectivity index (χ2n) is 6.82. The summed E-state index contributed by atoms with van der Waals surface area (Å²) in [4.78, 5) is 26.9. The largest absolute Gasteiger partial charge is 0.480 e. The van der Waals surface area contributed by atoms with Crippen molar-refractivity contribution < 1.29 is 19.0 Å². The number of halogens is 1. The molecule has 0 aromatic carbocycles. The second kappa shape index (κ2) is 10.3. The number of carbonyl (C=O) groups excluding carboxylic acids is 1. The van der Waals surface area contributed by atoms with E-state index in [1.807, 2.05) is 13.8 Å². The van der Waals surface area contributed by atoms with Crippen molar-refractivity contribution in [1.82, 2.24) is 15.0 Å². The minimum absolute atomic E-state index is 0.0245. The van der Waals surface area contributed by atoms with E-state index in [0.717, 1.165) is 32.0 Å². The molecule has 0 spiro atoms. The molecular formula is C21H24ClN3O4S. The van der Waals surface area contributed by atoms with Gasteiger partial charge in [-0.25, -0.2) is 15.0 Å². The van der Waals surface area contributed by atoms with Crippen LogP contribution in [0.25, 0.3) is 10.3 Å². The molecule has 0 aliphatic rings. The Morgan fingerprint density at radius 2 is 2.00 bits per heavy atom. The average molecular weight is 450 g/mol. The number of nitrogens with zero attached hydrogens (tertiary/aromatic N) is 3. The first-order chi connectivity index (χ1) is 14.4. The summed E-state index contributed by atoms with van der Waals surface area (Å²) in [5, 5.41) is 1.30. The van der Waals surface area contributed by atoms with E-state index < -0.39 is 0 Å². The van der Waals surface area contributed by atoms with Crippen molar-refractivity contribution in [2.24, 2.45) is 0 Å². The first-order valence-corrected chi connectivity index (χ1v) is 10.7. The number of methoxy groups -OCH3 is 2. The molecule has 0 aliphatic carbocycles. The Hall–Kier alpha value is -2.13. The highest BCUT2D eigenvalue weighted by Crippen LogP contribution is 2.32. The van der Waals surface area contributed by atoms with Crippen LogP contribution < -0.4 is 4.74 Å². The molecule has 0 N–H and O–H groups in total. The van der Waals surface area contributed by atoms with Gasteiger partial charge in [-0.05, 0) is 31.0 Å². The van der Waals surface area contributed by atoms with Gasteiger partial charge in [-0.2, -0.15) is 0 Å². The Balaban J connectivity index is 1.84. The van der Waals surface area contributed by atoms with Crippen molar-refractivity contribution in [3.63, 3.8) is 0 Å². The SMILES string of the molecule is COCCOC(C)c1c(CC(=O)Cc2cnc(OC)c(Cl)c2)cnc2sc(C)nc12. The van der Waals surface area contributed by atoms with E-state index >= 15 is 0 Å². The molecule has 0 bridgehead atoms. The number of hydrogen-bond donors (Lipinski definition) is 0. The Kier molecular flexibility index (Phi) is 7.71. The van der Waals surface area contributed by atoms with Gasteiger partial charge in [-0.15, -0.1) is 0 Å². The Morgan fingerprint density at radius 3 is 2.70 bits per heavy atom. The molecule has 160 valence electrons. The van der Waals surface area contributed by atoms with Crippen molar-refractivity contribution in [1.29, 1.82) is 0 Å². The maximum atomic E-state index is 12.8. The van der Waals surface area contributed by atoms with E-state index in [9.17, 15) is 4.79 Å². The fraction of sp³-hybridized carbons (Fsp3) is 0.429. The third-order valence-electron chi connectivity index (χ3n) is 4.56. The van der Waals surface area contributed by atoms with Crippen LogP contribution in [0.3, 0.4) is 0 Å². The standard InChI is InChI=1S/C21H24ClN3O4S/c1-12(29-6-5-27-3)18-15(11-24-21-19(18)25-13(2)30-21)9-16(26)7-14-8-17(22)20(28-4)23-10-14/h8,10-12H,5-7,9H2,1-4H3. The minimum Gasteiger partial charge on any atom is -0.480 e. The number of Topliss-reactive ketones (excluding diaryl/α,β-unsaturated/α-hetero) is 1. The number of fused-ring (bicyclic) bond motifs is 1. The van der Waals surface area contributed by atoms with Crippen molar-refractivity contribution in [3.8, 4) is 5.88 Å². The lowest BCUT2D eigenvalue weighted by Crippen LogP contribution is -2.13. The number of thiazole rings is 1. The van der Waals surface area contributed by atoms with Crippen LogP contribution in [-0.2, 0) is 27.1 Å². The molecule has 1 atom stereocenters. The van der Waals surface area contributed by atoms with Crippen LogP contribution in [0.2, 0.25) is 5.02 Å². The lowest BCUT2D eigenvalue weighted by atomic mass is 9.98. The number of hydrogen-bond acceptors (Lipinski definition) is 8. The van der Waals surface area contributed by atoms with Crippen LogP contribution in [0.15, 0.2) is 18.5 Å². The van der Waals surface area contributed by atoms with E-state index in [1.165, 1.54) is 18.4 Å². The quantitative estimate of drug-likeness (QED) is 0.430.